The van der Waals surface area contributed by atoms with E-state index in [2.05, 4.69) is 5.32 Å². The molecule has 0 aliphatic rings. The van der Waals surface area contributed by atoms with Crippen LogP contribution in [0.1, 0.15) is 0 Å². The van der Waals surface area contributed by atoms with Gasteiger partial charge in [0.2, 0.25) is 5.91 Å². The van der Waals surface area contributed by atoms with Crippen molar-refractivity contribution in [3.05, 3.63) is 24.3 Å². The van der Waals surface area contributed by atoms with E-state index in [1.54, 1.807) is 0 Å². The zero-order valence-corrected chi connectivity index (χ0v) is 8.91. The van der Waals surface area contributed by atoms with Gasteiger partial charge in [-0.15, -0.1) is 0 Å². The SMILES string of the molecule is O=C(CNC(=O)C(F)(F)F)Nc1cccc(O)c1. The first-order chi connectivity index (χ1) is 8.29. The first-order valence-corrected chi connectivity index (χ1v) is 4.73. The summed E-state index contributed by atoms with van der Waals surface area (Å²) in [6.45, 7) is -0.812. The molecule has 0 atom stereocenters. The lowest BCUT2D eigenvalue weighted by molar-refractivity contribution is -0.173. The molecule has 0 aromatic heterocycles. The minimum atomic E-state index is -5.02. The molecule has 0 saturated carbocycles. The van der Waals surface area contributed by atoms with E-state index >= 15 is 0 Å². The van der Waals surface area contributed by atoms with E-state index in [0.29, 0.717) is 0 Å². The third-order valence-corrected chi connectivity index (χ3v) is 1.80. The highest BCUT2D eigenvalue weighted by molar-refractivity contribution is 5.95. The van der Waals surface area contributed by atoms with Crippen LogP contribution in [0, 0.1) is 0 Å². The van der Waals surface area contributed by atoms with Crippen LogP contribution in [0.25, 0.3) is 0 Å². The van der Waals surface area contributed by atoms with Crippen LogP contribution in [0.5, 0.6) is 5.75 Å². The average Bonchev–Trinajstić information content (AvgIpc) is 2.24. The van der Waals surface area contributed by atoms with E-state index in [0.717, 1.165) is 0 Å². The van der Waals surface area contributed by atoms with Gasteiger partial charge in [-0.2, -0.15) is 13.2 Å². The highest BCUT2D eigenvalue weighted by Gasteiger charge is 2.38. The molecule has 18 heavy (non-hydrogen) atoms. The van der Waals surface area contributed by atoms with Crippen molar-refractivity contribution in [1.29, 1.82) is 0 Å². The standard InChI is InChI=1S/C10H9F3N2O3/c11-10(12,13)9(18)14-5-8(17)15-6-2-1-3-7(16)4-6/h1-4,16H,5H2,(H,14,18)(H,15,17). The number of alkyl halides is 3. The minimum Gasteiger partial charge on any atom is -0.508 e. The molecular formula is C10H9F3N2O3. The molecule has 0 unspecified atom stereocenters. The molecule has 5 nitrogen and oxygen atoms in total. The van der Waals surface area contributed by atoms with Crippen LogP contribution in [0.15, 0.2) is 24.3 Å². The smallest absolute Gasteiger partial charge is 0.471 e. The monoisotopic (exact) mass is 262 g/mol. The zero-order valence-electron chi connectivity index (χ0n) is 8.91. The number of hydrogen-bond acceptors (Lipinski definition) is 3. The summed E-state index contributed by atoms with van der Waals surface area (Å²) in [4.78, 5) is 21.6. The number of anilines is 1. The van der Waals surface area contributed by atoms with Crippen molar-refractivity contribution < 1.29 is 27.9 Å². The predicted molar refractivity (Wildman–Crippen MR) is 55.8 cm³/mol. The highest BCUT2D eigenvalue weighted by atomic mass is 19.4. The quantitative estimate of drug-likeness (QED) is 0.760. The number of carbonyl (C=O) groups excluding carboxylic acids is 2. The van der Waals surface area contributed by atoms with E-state index < -0.39 is 24.5 Å². The summed E-state index contributed by atoms with van der Waals surface area (Å²) < 4.78 is 35.4. The number of hydrogen-bond donors (Lipinski definition) is 3. The second-order valence-corrected chi connectivity index (χ2v) is 3.28. The fraction of sp³-hybridized carbons (Fsp3) is 0.200. The Labute approximate surface area is 99.6 Å². The number of nitrogens with one attached hydrogen (secondary N) is 2. The van der Waals surface area contributed by atoms with Crippen molar-refractivity contribution in [3.8, 4) is 5.75 Å². The lowest BCUT2D eigenvalue weighted by atomic mass is 10.3. The first kappa shape index (κ1) is 13.8. The van der Waals surface area contributed by atoms with Gasteiger partial charge in [0.15, 0.2) is 0 Å². The number of carbonyl (C=O) groups is 2. The molecule has 8 heteroatoms. The maximum absolute atomic E-state index is 11.8. The fourth-order valence-electron chi connectivity index (χ4n) is 1.05. The minimum absolute atomic E-state index is 0.105. The number of amides is 2. The molecule has 0 radical (unpaired) electrons. The topological polar surface area (TPSA) is 78.4 Å². The predicted octanol–water partition coefficient (Wildman–Crippen LogP) is 1.01. The van der Waals surface area contributed by atoms with Crippen molar-refractivity contribution >= 4 is 17.5 Å². The maximum Gasteiger partial charge on any atom is 0.471 e. The Morgan fingerprint density at radius 3 is 2.50 bits per heavy atom. The van der Waals surface area contributed by atoms with Gasteiger partial charge in [-0.1, -0.05) is 6.07 Å². The number of phenols is 1. The largest absolute Gasteiger partial charge is 0.508 e. The van der Waals surface area contributed by atoms with E-state index in [-0.39, 0.29) is 11.4 Å². The summed E-state index contributed by atoms with van der Waals surface area (Å²) in [5, 5.41) is 12.7. The Morgan fingerprint density at radius 1 is 1.28 bits per heavy atom. The van der Waals surface area contributed by atoms with Crippen LogP contribution < -0.4 is 10.6 Å². The average molecular weight is 262 g/mol. The lowest BCUT2D eigenvalue weighted by Gasteiger charge is -2.08. The van der Waals surface area contributed by atoms with Gasteiger partial charge in [0.05, 0.1) is 6.54 Å². The molecule has 0 fully saturated rings. The van der Waals surface area contributed by atoms with Crippen molar-refractivity contribution in [1.82, 2.24) is 5.32 Å². The van der Waals surface area contributed by atoms with Crippen LogP contribution in [0.2, 0.25) is 0 Å². The van der Waals surface area contributed by atoms with Crippen molar-refractivity contribution in [3.63, 3.8) is 0 Å². The van der Waals surface area contributed by atoms with Gasteiger partial charge in [0.1, 0.15) is 5.75 Å². The van der Waals surface area contributed by atoms with Gasteiger partial charge < -0.3 is 15.7 Å². The molecule has 0 aliphatic heterocycles. The number of benzene rings is 1. The van der Waals surface area contributed by atoms with Crippen LogP contribution in [-0.4, -0.2) is 29.6 Å². The molecule has 0 bridgehead atoms. The molecular weight excluding hydrogens is 253 g/mol. The van der Waals surface area contributed by atoms with E-state index in [1.165, 1.54) is 29.6 Å². The summed E-state index contributed by atoms with van der Waals surface area (Å²) in [6, 6.07) is 5.45. The lowest BCUT2D eigenvalue weighted by Crippen LogP contribution is -2.41. The summed E-state index contributed by atoms with van der Waals surface area (Å²) in [5.41, 5.74) is 0.209. The summed E-state index contributed by atoms with van der Waals surface area (Å²) in [6.07, 6.45) is -5.02. The summed E-state index contributed by atoms with van der Waals surface area (Å²) in [5.74, 6) is -3.13. The molecule has 1 aromatic rings. The Hall–Kier alpha value is -2.25. The second kappa shape index (κ2) is 5.39. The van der Waals surface area contributed by atoms with Gasteiger partial charge in [0, 0.05) is 11.8 Å². The molecule has 3 N–H and O–H groups in total. The number of rotatable bonds is 3. The van der Waals surface area contributed by atoms with Crippen LogP contribution in [-0.2, 0) is 9.59 Å². The number of phenolic OH excluding ortho intramolecular Hbond substituents is 1. The third-order valence-electron chi connectivity index (χ3n) is 1.80. The molecule has 0 spiro atoms. The molecule has 1 aromatic carbocycles. The Balaban J connectivity index is 2.46. The fourth-order valence-corrected chi connectivity index (χ4v) is 1.05. The Bertz CT molecular complexity index is 460. The van der Waals surface area contributed by atoms with Crippen LogP contribution in [0.3, 0.4) is 0 Å². The van der Waals surface area contributed by atoms with Gasteiger partial charge >= 0.3 is 12.1 Å². The van der Waals surface area contributed by atoms with Crippen LogP contribution >= 0.6 is 0 Å². The molecule has 0 aliphatic carbocycles. The third kappa shape index (κ3) is 4.32. The Kier molecular flexibility index (Phi) is 4.13. The van der Waals surface area contributed by atoms with Crippen LogP contribution in [0.4, 0.5) is 18.9 Å². The van der Waals surface area contributed by atoms with Gasteiger partial charge in [0.25, 0.3) is 0 Å². The molecule has 1 rings (SSSR count). The van der Waals surface area contributed by atoms with Crippen molar-refractivity contribution in [2.45, 2.75) is 6.18 Å². The summed E-state index contributed by atoms with van der Waals surface area (Å²) in [7, 11) is 0. The van der Waals surface area contributed by atoms with Crippen molar-refractivity contribution in [2.24, 2.45) is 0 Å². The van der Waals surface area contributed by atoms with Gasteiger partial charge in [-0.25, -0.2) is 0 Å². The van der Waals surface area contributed by atoms with Gasteiger partial charge in [-0.05, 0) is 12.1 Å². The van der Waals surface area contributed by atoms with E-state index in [4.69, 9.17) is 5.11 Å². The number of aromatic hydroxyl groups is 1. The molecule has 2 amide bonds. The second-order valence-electron chi connectivity index (χ2n) is 3.28. The molecule has 0 saturated heterocycles. The van der Waals surface area contributed by atoms with E-state index in [9.17, 15) is 22.8 Å². The first-order valence-electron chi connectivity index (χ1n) is 4.73. The molecule has 98 valence electrons. The Morgan fingerprint density at radius 2 is 1.94 bits per heavy atom. The van der Waals surface area contributed by atoms with E-state index in [1.807, 2.05) is 0 Å². The van der Waals surface area contributed by atoms with Gasteiger partial charge in [-0.3, -0.25) is 9.59 Å². The maximum atomic E-state index is 11.8. The van der Waals surface area contributed by atoms with Crippen molar-refractivity contribution in [2.75, 3.05) is 11.9 Å². The zero-order chi connectivity index (χ0) is 13.8. The number of halogens is 3. The summed E-state index contributed by atoms with van der Waals surface area (Å²) >= 11 is 0. The normalized spacial score (nSPS) is 10.8. The molecule has 0 heterocycles. The highest BCUT2D eigenvalue weighted by Crippen LogP contribution is 2.15.